The first-order valence-electron chi connectivity index (χ1n) is 46.6. The van der Waals surface area contributed by atoms with Crippen LogP contribution in [-0.4, -0.2) is 195 Å². The number of hydroxylamine groups is 6. The van der Waals surface area contributed by atoms with Gasteiger partial charge in [0.05, 0.1) is 65.9 Å². The number of ether oxygens (including phenoxy) is 4. The van der Waals surface area contributed by atoms with Gasteiger partial charge in [0.15, 0.2) is 0 Å². The number of hydrogen-bond donors (Lipinski definition) is 12. The third kappa shape index (κ3) is 26.7. The molecular formula is C102H114ClFN12O28S6. The molecule has 11 aromatic carbocycles. The largest absolute Gasteiger partial charge is 0.497 e. The predicted molar refractivity (Wildman–Crippen MR) is 548 cm³/mol. The van der Waals surface area contributed by atoms with Crippen LogP contribution in [0, 0.1) is 5.82 Å². The Morgan fingerprint density at radius 2 is 0.613 bits per heavy atom. The molecule has 0 bridgehead atoms. The van der Waals surface area contributed by atoms with E-state index in [4.69, 9.17) is 61.8 Å². The molecule has 800 valence electrons. The zero-order chi connectivity index (χ0) is 109. The molecule has 17 rings (SSSR count). The predicted octanol–water partition coefficient (Wildman–Crippen LogP) is 12.6. The summed E-state index contributed by atoms with van der Waals surface area (Å²) in [6, 6.07) is 57.0. The molecule has 0 aromatic heterocycles. The summed E-state index contributed by atoms with van der Waals surface area (Å²) < 4.78 is 194. The van der Waals surface area contributed by atoms with Crippen molar-refractivity contribution in [3.05, 3.63) is 323 Å². The van der Waals surface area contributed by atoms with Gasteiger partial charge in [-0.25, -0.2) is 87.8 Å². The number of rotatable bonds is 27. The van der Waals surface area contributed by atoms with E-state index in [-0.39, 0.29) is 143 Å². The van der Waals surface area contributed by atoms with E-state index in [0.717, 1.165) is 67.1 Å². The van der Waals surface area contributed by atoms with Crippen LogP contribution in [0.1, 0.15) is 195 Å². The monoisotopic (exact) mass is 2200 g/mol. The number of hydrogen-bond acceptors (Lipinski definition) is 28. The summed E-state index contributed by atoms with van der Waals surface area (Å²) in [5.74, 6) is -2.28. The van der Waals surface area contributed by atoms with Gasteiger partial charge in [0.25, 0.3) is 35.4 Å². The van der Waals surface area contributed by atoms with Gasteiger partial charge in [0.2, 0.25) is 60.1 Å². The number of carbonyl (C=O) groups excluding carboxylic acids is 6. The van der Waals surface area contributed by atoms with Crippen LogP contribution in [0.25, 0.3) is 22.3 Å². The van der Waals surface area contributed by atoms with Crippen molar-refractivity contribution < 1.29 is 134 Å². The van der Waals surface area contributed by atoms with Gasteiger partial charge in [-0.3, -0.25) is 60.0 Å². The molecule has 6 amide bonds. The second-order valence-electron chi connectivity index (χ2n) is 36.1. The first kappa shape index (κ1) is 116. The number of sulfonamides is 6. The van der Waals surface area contributed by atoms with E-state index in [1.807, 2.05) is 74.5 Å². The van der Waals surface area contributed by atoms with Crippen molar-refractivity contribution in [1.29, 1.82) is 0 Å². The highest BCUT2D eigenvalue weighted by Crippen LogP contribution is 2.41. The van der Waals surface area contributed by atoms with Gasteiger partial charge < -0.3 is 18.9 Å². The minimum Gasteiger partial charge on any atom is -0.497 e. The average molecular weight is 2200 g/mol. The number of halogens is 2. The number of fused-ring (bicyclic) bond motifs is 6. The van der Waals surface area contributed by atoms with Gasteiger partial charge in [0, 0.05) is 123 Å². The molecule has 12 N–H and O–H groups in total. The highest BCUT2D eigenvalue weighted by molar-refractivity contribution is 7.90. The van der Waals surface area contributed by atoms with Crippen LogP contribution in [0.3, 0.4) is 0 Å². The molecule has 0 saturated heterocycles. The van der Waals surface area contributed by atoms with Crippen molar-refractivity contribution >= 4 is 107 Å². The van der Waals surface area contributed by atoms with Crippen LogP contribution >= 0.6 is 11.6 Å². The minimum absolute atomic E-state index is 0.0458. The Morgan fingerprint density at radius 1 is 0.320 bits per heavy atom. The molecule has 150 heavy (non-hydrogen) atoms. The number of nitrogens with one attached hydrogen (secondary N) is 6. The van der Waals surface area contributed by atoms with E-state index in [9.17, 15) is 83.7 Å². The van der Waals surface area contributed by atoms with Crippen molar-refractivity contribution in [2.45, 2.75) is 159 Å². The van der Waals surface area contributed by atoms with Gasteiger partial charge >= 0.3 is 0 Å². The molecule has 6 heterocycles. The fourth-order valence-corrected chi connectivity index (χ4v) is 26.1. The standard InChI is InChI=1S/C23H22N2O6S.C22H19ClN2O5S.C19H22N2O4S.C13H17FN2O4S.C13H18N2O5S.C12H16N2O4S/c1-30-19-7-3-15(4-8-19)16-5-9-20(10-6-16)32(28,29)25-13-18-11-17(23(26)24-27)12-22(31-2)21(18)14-25;1-30-18-6-2-14(3-7-18)15-4-8-19(9-5-15)31(28,29)25-12-17-10-16(22(26)24-27)11-21(23)20(17)13-25;1-19(2,3)16-6-8-17(9-7-16)26(24,25)21-11-14-5-4-13(18(22)20-23)10-15(14)12-21;1-2-7-21(19,20)16-6-5-10-9(8-16)3-4-11(12(10)14)13(17)15-18;1-3-4-21(18,19)15-7-10-5-9(13(16)14-17)6-12(20-2)11(10)8-15;1-2-5-19(17,18)14-7-10-4-3-9(12(15)13-16)6-11(10)8-14/h3-12,27H,13-14H2,1-2H3,(H,24,26);2-11,27H,12-13H2,1H3,(H,24,26);4-10,23H,11-12H2,1-3H3,(H,20,22);3-4,18H,2,5-8H2,1H3,(H,15,17);5-6,17H,3-4,7-8H2,1-2H3,(H,14,16);3-4,6,16H,2,5,7-8H2,1H3,(H,13,15). The quantitative estimate of drug-likeness (QED) is 0.0168. The Morgan fingerprint density at radius 3 is 0.993 bits per heavy atom. The lowest BCUT2D eigenvalue weighted by atomic mass is 9.87. The van der Waals surface area contributed by atoms with Crippen molar-refractivity contribution in [2.24, 2.45) is 0 Å². The first-order valence-corrected chi connectivity index (χ1v) is 56.1. The fourth-order valence-electron chi connectivity index (χ4n) is 17.3. The Hall–Kier alpha value is -13.1. The minimum atomic E-state index is -3.77. The zero-order valence-electron chi connectivity index (χ0n) is 83.1. The summed E-state index contributed by atoms with van der Waals surface area (Å²) in [5, 5.41) is 52.6. The van der Waals surface area contributed by atoms with E-state index in [2.05, 4.69) is 20.8 Å². The van der Waals surface area contributed by atoms with Crippen LogP contribution in [-0.2, 0) is 144 Å². The van der Waals surface area contributed by atoms with Gasteiger partial charge in [-0.1, -0.05) is 132 Å². The van der Waals surface area contributed by atoms with Crippen LogP contribution in [0.5, 0.6) is 23.0 Å². The summed E-state index contributed by atoms with van der Waals surface area (Å²) in [5.41, 5.74) is 23.2. The van der Waals surface area contributed by atoms with Crippen LogP contribution < -0.4 is 51.8 Å². The van der Waals surface area contributed by atoms with Gasteiger partial charge in [-0.15, -0.1) is 0 Å². The molecule has 6 aliphatic rings. The number of benzene rings is 11. The van der Waals surface area contributed by atoms with Crippen molar-refractivity contribution in [1.82, 2.24) is 58.7 Å². The fraction of sp³-hybridized carbons (Fsp3) is 0.294. The zero-order valence-corrected chi connectivity index (χ0v) is 88.8. The third-order valence-electron chi connectivity index (χ3n) is 25.4. The van der Waals surface area contributed by atoms with E-state index in [0.29, 0.717) is 87.4 Å². The summed E-state index contributed by atoms with van der Waals surface area (Å²) in [7, 11) is -14.9. The lowest BCUT2D eigenvalue weighted by Gasteiger charge is -2.28. The molecule has 0 unspecified atom stereocenters. The number of nitrogens with zero attached hydrogens (tertiary/aromatic N) is 6. The normalized spacial score (nSPS) is 14.5. The SMILES string of the molecule is CC(C)(C)c1ccc(S(=O)(=O)N2Cc3ccc(C(=O)NO)cc3C2)cc1.CCCS(=O)(=O)N1CCc2c(ccc(C(=O)NO)c2F)C1.CCCS(=O)(=O)N1Cc2cc(C(=O)NO)cc(OC)c2C1.CCCS(=O)(=O)N1Cc2ccc(C(=O)NO)cc2C1.COc1ccc(-c2ccc(S(=O)(=O)N3Cc4cc(C(=O)NO)cc(Cl)c4C3)cc2)cc1.COc1ccc(-c2ccc(S(=O)(=O)N3Cc4cc(C(=O)NO)cc(OC)c4C3)cc2)cc1. The second kappa shape index (κ2) is 49.3. The molecule has 0 radical (unpaired) electrons. The average Bonchev–Trinajstić information content (AvgIpc) is 1.42. The molecule has 11 aromatic rings. The Labute approximate surface area is 873 Å². The molecule has 0 fully saturated rings. The highest BCUT2D eigenvalue weighted by atomic mass is 35.5. The maximum Gasteiger partial charge on any atom is 0.277 e. The molecular weight excluding hydrogens is 2090 g/mol. The van der Waals surface area contributed by atoms with E-state index in [1.54, 1.807) is 158 Å². The second-order valence-corrected chi connectivity index (χ2v) is 48.6. The summed E-state index contributed by atoms with van der Waals surface area (Å²) in [4.78, 5) is 69.8. The van der Waals surface area contributed by atoms with Gasteiger partial charge in [0.1, 0.15) is 28.8 Å². The van der Waals surface area contributed by atoms with Crippen LogP contribution in [0.4, 0.5) is 4.39 Å². The summed E-state index contributed by atoms with van der Waals surface area (Å²) >= 11 is 6.26. The molecule has 48 heteroatoms. The summed E-state index contributed by atoms with van der Waals surface area (Å²) in [6.45, 7) is 13.9. The van der Waals surface area contributed by atoms with E-state index in [1.165, 1.54) is 81.9 Å². The maximum absolute atomic E-state index is 14.2. The molecule has 6 aliphatic heterocycles. The van der Waals surface area contributed by atoms with Gasteiger partial charge in [-0.05, 0) is 242 Å². The van der Waals surface area contributed by atoms with Crippen molar-refractivity contribution in [2.75, 3.05) is 52.2 Å². The topological polar surface area (TPSA) is 557 Å². The molecule has 0 spiro atoms. The lowest BCUT2D eigenvalue weighted by Crippen LogP contribution is -2.38. The smallest absolute Gasteiger partial charge is 0.277 e. The highest BCUT2D eigenvalue weighted by Gasteiger charge is 2.39. The third-order valence-corrected chi connectivity index (χ3v) is 37.1. The molecule has 0 aliphatic carbocycles. The Bertz CT molecular complexity index is 7640. The molecule has 0 saturated carbocycles. The number of amides is 6. The van der Waals surface area contributed by atoms with Crippen LogP contribution in [0.2, 0.25) is 5.02 Å². The lowest BCUT2D eigenvalue weighted by molar-refractivity contribution is 0.0697. The Balaban J connectivity index is 0.000000161. The Kier molecular flexibility index (Phi) is 38.0. The van der Waals surface area contributed by atoms with E-state index < -0.39 is 101 Å². The first-order chi connectivity index (χ1) is 71.1. The van der Waals surface area contributed by atoms with Gasteiger partial charge in [-0.2, -0.15) is 25.8 Å². The van der Waals surface area contributed by atoms with Crippen molar-refractivity contribution in [3.63, 3.8) is 0 Å². The maximum atomic E-state index is 14.2. The van der Waals surface area contributed by atoms with Crippen LogP contribution in [0.15, 0.2) is 221 Å². The molecule has 0 atom stereocenters. The van der Waals surface area contributed by atoms with Crippen molar-refractivity contribution in [3.8, 4) is 45.3 Å². The molecule has 40 nitrogen and oxygen atoms in total. The number of carbonyl (C=O) groups is 6. The van der Waals surface area contributed by atoms with E-state index >= 15 is 0 Å². The summed E-state index contributed by atoms with van der Waals surface area (Å²) in [6.07, 6.45) is 1.85. The number of methoxy groups -OCH3 is 4.